The minimum Gasteiger partial charge on any atom is -0.497 e. The van der Waals surface area contributed by atoms with Crippen LogP contribution in [-0.4, -0.2) is 48.4 Å². The average Bonchev–Trinajstić information content (AvgIpc) is 3.28. The first kappa shape index (κ1) is 23.0. The number of carbonyl (C=O) groups excluding carboxylic acids is 1. The molecule has 0 saturated carbocycles. The number of methoxy groups -OCH3 is 1. The summed E-state index contributed by atoms with van der Waals surface area (Å²) in [5.74, 6) is 0.999. The number of benzene rings is 2. The van der Waals surface area contributed by atoms with Crippen LogP contribution in [0.1, 0.15) is 24.2 Å². The Bertz CT molecular complexity index is 1200. The van der Waals surface area contributed by atoms with Crippen LogP contribution in [0.25, 0.3) is 5.69 Å². The quantitative estimate of drug-likeness (QED) is 0.576. The van der Waals surface area contributed by atoms with Crippen molar-refractivity contribution in [1.82, 2.24) is 19.2 Å². The molecule has 2 aromatic carbocycles. The van der Waals surface area contributed by atoms with Gasteiger partial charge in [0.1, 0.15) is 11.6 Å². The number of nitrogens with one attached hydrogen (secondary N) is 1. The summed E-state index contributed by atoms with van der Waals surface area (Å²) in [7, 11) is -2.13. The highest BCUT2D eigenvalue weighted by Gasteiger charge is 2.33. The van der Waals surface area contributed by atoms with Crippen molar-refractivity contribution in [1.29, 1.82) is 0 Å². The molecule has 4 rings (SSSR count). The fourth-order valence-electron chi connectivity index (χ4n) is 4.03. The van der Waals surface area contributed by atoms with Gasteiger partial charge >= 0.3 is 0 Å². The molecule has 1 aliphatic heterocycles. The molecule has 1 amide bonds. The zero-order valence-electron chi connectivity index (χ0n) is 18.8. The number of aromatic nitrogens is 2. The van der Waals surface area contributed by atoms with E-state index in [4.69, 9.17) is 4.74 Å². The van der Waals surface area contributed by atoms with Gasteiger partial charge in [-0.3, -0.25) is 4.79 Å². The highest BCUT2D eigenvalue weighted by molar-refractivity contribution is 7.89. The number of hydrogen-bond donors (Lipinski definition) is 1. The van der Waals surface area contributed by atoms with E-state index < -0.39 is 10.0 Å². The summed E-state index contributed by atoms with van der Waals surface area (Å²) in [5.41, 5.74) is 1.98. The summed E-state index contributed by atoms with van der Waals surface area (Å²) < 4.78 is 34.6. The summed E-state index contributed by atoms with van der Waals surface area (Å²) in [4.78, 5) is 17.2. The lowest BCUT2D eigenvalue weighted by atomic mass is 9.99. The van der Waals surface area contributed by atoms with Crippen molar-refractivity contribution >= 4 is 15.9 Å². The molecule has 3 aromatic rings. The molecule has 1 aliphatic rings. The maximum atomic E-state index is 13.0. The number of amides is 1. The number of carbonyl (C=O) groups is 1. The Morgan fingerprint density at radius 3 is 2.52 bits per heavy atom. The van der Waals surface area contributed by atoms with Crippen LogP contribution < -0.4 is 10.1 Å². The van der Waals surface area contributed by atoms with E-state index in [1.165, 1.54) is 23.5 Å². The normalized spacial score (nSPS) is 17.0. The molecular formula is C24H28N4O4S. The van der Waals surface area contributed by atoms with Gasteiger partial charge in [0.2, 0.25) is 15.9 Å². The van der Waals surface area contributed by atoms with Crippen molar-refractivity contribution in [2.24, 2.45) is 5.92 Å². The third kappa shape index (κ3) is 5.09. The van der Waals surface area contributed by atoms with Gasteiger partial charge < -0.3 is 14.6 Å². The number of nitrogens with zero attached hydrogens (tertiary/aromatic N) is 3. The second-order valence-electron chi connectivity index (χ2n) is 8.11. The molecule has 174 valence electrons. The molecule has 8 nitrogen and oxygen atoms in total. The zero-order chi connectivity index (χ0) is 23.4. The molecule has 1 fully saturated rings. The molecule has 9 heteroatoms. The van der Waals surface area contributed by atoms with Gasteiger partial charge in [0.25, 0.3) is 0 Å². The average molecular weight is 469 g/mol. The van der Waals surface area contributed by atoms with Crippen LogP contribution in [0.5, 0.6) is 5.75 Å². The molecule has 1 N–H and O–H groups in total. The van der Waals surface area contributed by atoms with E-state index in [9.17, 15) is 13.2 Å². The van der Waals surface area contributed by atoms with Gasteiger partial charge in [-0.25, -0.2) is 13.4 Å². The van der Waals surface area contributed by atoms with Gasteiger partial charge in [-0.1, -0.05) is 12.1 Å². The Kier molecular flexibility index (Phi) is 6.80. The number of sulfonamides is 1. The van der Waals surface area contributed by atoms with Crippen molar-refractivity contribution in [3.8, 4) is 11.4 Å². The fraction of sp³-hybridized carbons (Fsp3) is 0.333. The Hall–Kier alpha value is -3.17. The van der Waals surface area contributed by atoms with Gasteiger partial charge in [-0.15, -0.1) is 0 Å². The van der Waals surface area contributed by atoms with Gasteiger partial charge in [0.15, 0.2) is 0 Å². The molecule has 0 unspecified atom stereocenters. The van der Waals surface area contributed by atoms with E-state index in [0.717, 1.165) is 17.1 Å². The Balaban J connectivity index is 1.36. The molecule has 1 atom stereocenters. The number of rotatable bonds is 7. The second kappa shape index (κ2) is 9.76. The first-order valence-electron chi connectivity index (χ1n) is 10.9. The van der Waals surface area contributed by atoms with E-state index in [0.29, 0.717) is 31.7 Å². The molecule has 0 radical (unpaired) electrons. The first-order valence-corrected chi connectivity index (χ1v) is 12.3. The molecular weight excluding hydrogens is 440 g/mol. The molecule has 2 heterocycles. The van der Waals surface area contributed by atoms with Gasteiger partial charge in [-0.2, -0.15) is 4.31 Å². The van der Waals surface area contributed by atoms with Crippen LogP contribution in [0.4, 0.5) is 0 Å². The molecule has 0 spiro atoms. The summed E-state index contributed by atoms with van der Waals surface area (Å²) in [6.45, 7) is 2.92. The van der Waals surface area contributed by atoms with E-state index >= 15 is 0 Å². The minimum absolute atomic E-state index is 0.126. The van der Waals surface area contributed by atoms with Crippen molar-refractivity contribution in [2.75, 3.05) is 20.2 Å². The molecule has 1 saturated heterocycles. The number of imidazole rings is 1. The van der Waals surface area contributed by atoms with Crippen molar-refractivity contribution < 1.29 is 17.9 Å². The van der Waals surface area contributed by atoms with Crippen molar-refractivity contribution in [3.63, 3.8) is 0 Å². The van der Waals surface area contributed by atoms with E-state index in [-0.39, 0.29) is 23.3 Å². The minimum atomic E-state index is -3.66. The molecule has 1 aromatic heterocycles. The summed E-state index contributed by atoms with van der Waals surface area (Å²) in [5, 5.41) is 2.97. The highest BCUT2D eigenvalue weighted by Crippen LogP contribution is 2.25. The maximum Gasteiger partial charge on any atom is 0.243 e. The van der Waals surface area contributed by atoms with Crippen LogP contribution in [0, 0.1) is 12.8 Å². The summed E-state index contributed by atoms with van der Waals surface area (Å²) >= 11 is 0. The Labute approximate surface area is 194 Å². The smallest absolute Gasteiger partial charge is 0.243 e. The molecule has 0 aliphatic carbocycles. The van der Waals surface area contributed by atoms with Crippen LogP contribution in [0.15, 0.2) is 65.8 Å². The van der Waals surface area contributed by atoms with Crippen LogP contribution >= 0.6 is 0 Å². The van der Waals surface area contributed by atoms with E-state index in [2.05, 4.69) is 10.3 Å². The van der Waals surface area contributed by atoms with Crippen LogP contribution in [-0.2, 0) is 21.4 Å². The topological polar surface area (TPSA) is 93.5 Å². The van der Waals surface area contributed by atoms with E-state index in [1.807, 2.05) is 42.0 Å². The van der Waals surface area contributed by atoms with Crippen LogP contribution in [0.3, 0.4) is 0 Å². The summed E-state index contributed by atoms with van der Waals surface area (Å²) in [6.07, 6.45) is 4.97. The van der Waals surface area contributed by atoms with Crippen LogP contribution in [0.2, 0.25) is 0 Å². The molecule has 33 heavy (non-hydrogen) atoms. The zero-order valence-corrected chi connectivity index (χ0v) is 19.6. The Morgan fingerprint density at radius 1 is 1.15 bits per heavy atom. The highest BCUT2D eigenvalue weighted by atomic mass is 32.2. The van der Waals surface area contributed by atoms with Gasteiger partial charge in [0, 0.05) is 37.7 Å². The third-order valence-corrected chi connectivity index (χ3v) is 7.84. The number of aryl methyl sites for hydroxylation is 1. The Morgan fingerprint density at radius 2 is 1.88 bits per heavy atom. The first-order chi connectivity index (χ1) is 15.9. The molecule has 0 bridgehead atoms. The SMILES string of the molecule is COc1ccc(S(=O)(=O)N2CCC[C@@H](C(=O)NCc3ccc(-n4ccnc4C)cc3)C2)cc1. The maximum absolute atomic E-state index is 13.0. The van der Waals surface area contributed by atoms with Gasteiger partial charge in [0.05, 0.1) is 17.9 Å². The fourth-order valence-corrected chi connectivity index (χ4v) is 5.55. The lowest BCUT2D eigenvalue weighted by molar-refractivity contribution is -0.126. The lowest BCUT2D eigenvalue weighted by Gasteiger charge is -2.31. The number of ether oxygens (including phenoxy) is 1. The van der Waals surface area contributed by atoms with Gasteiger partial charge in [-0.05, 0) is 61.7 Å². The van der Waals surface area contributed by atoms with Crippen molar-refractivity contribution in [2.45, 2.75) is 31.2 Å². The largest absolute Gasteiger partial charge is 0.497 e. The predicted octanol–water partition coefficient (Wildman–Crippen LogP) is 2.91. The predicted molar refractivity (Wildman–Crippen MR) is 125 cm³/mol. The standard InChI is InChI=1S/C24H28N4O4S/c1-18-25-13-15-28(18)21-7-5-19(6-8-21)16-26-24(29)20-4-3-14-27(17-20)33(30,31)23-11-9-22(32-2)10-12-23/h5-13,15,20H,3-4,14,16-17H2,1-2H3,(H,26,29)/t20-/m1/s1. The number of piperidine rings is 1. The lowest BCUT2D eigenvalue weighted by Crippen LogP contribution is -2.45. The monoisotopic (exact) mass is 468 g/mol. The number of hydrogen-bond acceptors (Lipinski definition) is 5. The van der Waals surface area contributed by atoms with E-state index in [1.54, 1.807) is 18.3 Å². The summed E-state index contributed by atoms with van der Waals surface area (Å²) in [6, 6.07) is 14.2. The second-order valence-corrected chi connectivity index (χ2v) is 10.0. The van der Waals surface area contributed by atoms with Crippen molar-refractivity contribution in [3.05, 3.63) is 72.3 Å². The third-order valence-electron chi connectivity index (χ3n) is 5.96.